The van der Waals surface area contributed by atoms with Crippen molar-refractivity contribution in [3.63, 3.8) is 0 Å². The van der Waals surface area contributed by atoms with Crippen molar-refractivity contribution in [3.8, 4) is 11.5 Å². The van der Waals surface area contributed by atoms with Crippen LogP contribution in [0.5, 0.6) is 11.5 Å². The summed E-state index contributed by atoms with van der Waals surface area (Å²) in [5, 5.41) is 0. The Morgan fingerprint density at radius 1 is 1.10 bits per heavy atom. The molecular formula is C16H16N2O3. The van der Waals surface area contributed by atoms with E-state index in [9.17, 15) is 4.79 Å². The Kier molecular flexibility index (Phi) is 3.17. The number of hydrogen-bond donors (Lipinski definition) is 1. The number of ether oxygens (including phenoxy) is 2. The third-order valence-electron chi connectivity index (χ3n) is 3.62. The molecule has 2 aromatic rings. The zero-order chi connectivity index (χ0) is 15.0. The molecule has 108 valence electrons. The highest BCUT2D eigenvalue weighted by Crippen LogP contribution is 2.37. The Labute approximate surface area is 122 Å². The maximum atomic E-state index is 12.6. The van der Waals surface area contributed by atoms with Crippen LogP contribution in [-0.4, -0.2) is 20.1 Å². The van der Waals surface area contributed by atoms with Gasteiger partial charge in [0.1, 0.15) is 11.5 Å². The summed E-state index contributed by atoms with van der Waals surface area (Å²) in [4.78, 5) is 14.2. The molecule has 0 bridgehead atoms. The number of benzene rings is 2. The Morgan fingerprint density at radius 3 is 2.62 bits per heavy atom. The lowest BCUT2D eigenvalue weighted by atomic mass is 10.1. The maximum absolute atomic E-state index is 12.6. The zero-order valence-electron chi connectivity index (χ0n) is 11.9. The molecule has 1 heterocycles. The number of carbonyl (C=O) groups excluding carboxylic acids is 1. The molecule has 1 aliphatic rings. The van der Waals surface area contributed by atoms with Gasteiger partial charge in [0.2, 0.25) is 0 Å². The van der Waals surface area contributed by atoms with Crippen LogP contribution in [0.25, 0.3) is 0 Å². The van der Waals surface area contributed by atoms with Gasteiger partial charge in [0.25, 0.3) is 5.91 Å². The van der Waals surface area contributed by atoms with E-state index >= 15 is 0 Å². The van der Waals surface area contributed by atoms with E-state index < -0.39 is 0 Å². The molecule has 1 amide bonds. The second-order valence-electron chi connectivity index (χ2n) is 4.85. The molecule has 2 N–H and O–H groups in total. The van der Waals surface area contributed by atoms with Gasteiger partial charge in [-0.3, -0.25) is 4.79 Å². The first-order valence-corrected chi connectivity index (χ1v) is 6.56. The monoisotopic (exact) mass is 284 g/mol. The number of amides is 1. The molecule has 0 saturated carbocycles. The summed E-state index contributed by atoms with van der Waals surface area (Å²) < 4.78 is 10.6. The first kappa shape index (κ1) is 13.3. The van der Waals surface area contributed by atoms with E-state index in [0.717, 1.165) is 11.3 Å². The van der Waals surface area contributed by atoms with Crippen molar-refractivity contribution in [2.45, 2.75) is 6.54 Å². The highest BCUT2D eigenvalue weighted by Gasteiger charge is 2.30. The van der Waals surface area contributed by atoms with E-state index in [-0.39, 0.29) is 5.91 Å². The molecule has 3 rings (SSSR count). The van der Waals surface area contributed by atoms with Gasteiger partial charge in [-0.2, -0.15) is 0 Å². The number of anilines is 2. The number of fused-ring (bicyclic) bond motifs is 1. The van der Waals surface area contributed by atoms with Crippen molar-refractivity contribution in [3.05, 3.63) is 47.5 Å². The Morgan fingerprint density at radius 2 is 1.90 bits per heavy atom. The van der Waals surface area contributed by atoms with Gasteiger partial charge in [-0.25, -0.2) is 0 Å². The summed E-state index contributed by atoms with van der Waals surface area (Å²) in [5.74, 6) is 1.22. The molecule has 0 aromatic heterocycles. The second-order valence-corrected chi connectivity index (χ2v) is 4.85. The van der Waals surface area contributed by atoms with E-state index in [1.807, 2.05) is 18.2 Å². The van der Waals surface area contributed by atoms with Gasteiger partial charge in [0.15, 0.2) is 0 Å². The fourth-order valence-corrected chi connectivity index (χ4v) is 2.52. The summed E-state index contributed by atoms with van der Waals surface area (Å²) in [7, 11) is 3.16. The highest BCUT2D eigenvalue weighted by atomic mass is 16.5. The summed E-state index contributed by atoms with van der Waals surface area (Å²) in [5.41, 5.74) is 8.68. The van der Waals surface area contributed by atoms with Gasteiger partial charge >= 0.3 is 0 Å². The van der Waals surface area contributed by atoms with Gasteiger partial charge in [-0.05, 0) is 29.8 Å². The predicted molar refractivity (Wildman–Crippen MR) is 80.9 cm³/mol. The molecule has 2 aromatic carbocycles. The number of carbonyl (C=O) groups is 1. The second kappa shape index (κ2) is 5.01. The van der Waals surface area contributed by atoms with Crippen molar-refractivity contribution < 1.29 is 14.3 Å². The molecule has 5 heteroatoms. The topological polar surface area (TPSA) is 64.8 Å². The van der Waals surface area contributed by atoms with Crippen LogP contribution in [0, 0.1) is 0 Å². The number of hydrogen-bond acceptors (Lipinski definition) is 4. The molecule has 0 saturated heterocycles. The van der Waals surface area contributed by atoms with Gasteiger partial charge in [-0.1, -0.05) is 6.07 Å². The summed E-state index contributed by atoms with van der Waals surface area (Å²) in [6, 6.07) is 10.8. The van der Waals surface area contributed by atoms with Crippen LogP contribution in [0.15, 0.2) is 36.4 Å². The predicted octanol–water partition coefficient (Wildman–Crippen LogP) is 2.45. The molecule has 5 nitrogen and oxygen atoms in total. The van der Waals surface area contributed by atoms with E-state index in [4.69, 9.17) is 15.2 Å². The number of rotatable bonds is 3. The van der Waals surface area contributed by atoms with E-state index in [2.05, 4.69) is 0 Å². The summed E-state index contributed by atoms with van der Waals surface area (Å²) in [6.07, 6.45) is 0. The zero-order valence-corrected chi connectivity index (χ0v) is 11.9. The van der Waals surface area contributed by atoms with Crippen LogP contribution in [0.1, 0.15) is 15.9 Å². The molecule has 0 fully saturated rings. The lowest BCUT2D eigenvalue weighted by Crippen LogP contribution is -2.23. The minimum absolute atomic E-state index is 0.0687. The number of nitrogen functional groups attached to an aromatic ring is 1. The molecule has 0 radical (unpaired) electrons. The van der Waals surface area contributed by atoms with Crippen molar-refractivity contribution in [1.29, 1.82) is 0 Å². The largest absolute Gasteiger partial charge is 0.497 e. The standard InChI is InChI=1S/C16H16N2O3/c1-20-12-5-6-14(15(8-12)21-2)18-9-10-3-4-11(17)7-13(10)16(18)19/h3-8H,9,17H2,1-2H3. The van der Waals surface area contributed by atoms with Crippen LogP contribution in [0.4, 0.5) is 11.4 Å². The first-order valence-electron chi connectivity index (χ1n) is 6.56. The van der Waals surface area contributed by atoms with E-state index in [1.165, 1.54) is 0 Å². The van der Waals surface area contributed by atoms with Gasteiger partial charge in [-0.15, -0.1) is 0 Å². The van der Waals surface area contributed by atoms with Crippen molar-refractivity contribution in [1.82, 2.24) is 0 Å². The molecule has 0 unspecified atom stereocenters. The molecule has 0 aliphatic carbocycles. The molecule has 0 atom stereocenters. The number of nitrogens with zero attached hydrogens (tertiary/aromatic N) is 1. The maximum Gasteiger partial charge on any atom is 0.259 e. The quantitative estimate of drug-likeness (QED) is 0.879. The average Bonchev–Trinajstić information content (AvgIpc) is 2.83. The number of methoxy groups -OCH3 is 2. The first-order chi connectivity index (χ1) is 10.1. The lowest BCUT2D eigenvalue weighted by molar-refractivity contribution is 0.0996. The fraction of sp³-hybridized carbons (Fsp3) is 0.188. The summed E-state index contributed by atoms with van der Waals surface area (Å²) in [6.45, 7) is 0.511. The Hall–Kier alpha value is -2.69. The number of nitrogens with two attached hydrogens (primary N) is 1. The fourth-order valence-electron chi connectivity index (χ4n) is 2.52. The van der Waals surface area contributed by atoms with E-state index in [1.54, 1.807) is 37.3 Å². The third-order valence-corrected chi connectivity index (χ3v) is 3.62. The molecular weight excluding hydrogens is 268 g/mol. The Bertz CT molecular complexity index is 713. The minimum atomic E-state index is -0.0687. The minimum Gasteiger partial charge on any atom is -0.497 e. The van der Waals surface area contributed by atoms with Crippen molar-refractivity contribution >= 4 is 17.3 Å². The molecule has 21 heavy (non-hydrogen) atoms. The van der Waals surface area contributed by atoms with Crippen LogP contribution in [-0.2, 0) is 6.54 Å². The average molecular weight is 284 g/mol. The van der Waals surface area contributed by atoms with Gasteiger partial charge in [0.05, 0.1) is 26.5 Å². The lowest BCUT2D eigenvalue weighted by Gasteiger charge is -2.19. The molecule has 0 spiro atoms. The summed E-state index contributed by atoms with van der Waals surface area (Å²) >= 11 is 0. The SMILES string of the molecule is COc1ccc(N2Cc3ccc(N)cc3C2=O)c(OC)c1. The van der Waals surface area contributed by atoms with Crippen LogP contribution < -0.4 is 20.1 Å². The van der Waals surface area contributed by atoms with E-state index in [0.29, 0.717) is 29.3 Å². The highest BCUT2D eigenvalue weighted by molar-refractivity contribution is 6.11. The van der Waals surface area contributed by atoms with Gasteiger partial charge < -0.3 is 20.1 Å². The molecule has 1 aliphatic heterocycles. The van der Waals surface area contributed by atoms with Crippen molar-refractivity contribution in [2.75, 3.05) is 24.9 Å². The van der Waals surface area contributed by atoms with Crippen LogP contribution >= 0.6 is 0 Å². The van der Waals surface area contributed by atoms with Crippen molar-refractivity contribution in [2.24, 2.45) is 0 Å². The third kappa shape index (κ3) is 2.16. The van der Waals surface area contributed by atoms with Gasteiger partial charge in [0, 0.05) is 17.3 Å². The van der Waals surface area contributed by atoms with Crippen LogP contribution in [0.3, 0.4) is 0 Å². The van der Waals surface area contributed by atoms with Crippen LogP contribution in [0.2, 0.25) is 0 Å². The normalized spacial score (nSPS) is 13.2. The Balaban J connectivity index is 2.02. The smallest absolute Gasteiger partial charge is 0.259 e.